The number of halogens is 4. The van der Waals surface area contributed by atoms with Crippen LogP contribution in [0.5, 0.6) is 17.4 Å². The average Bonchev–Trinajstić information content (AvgIpc) is 2.70. The van der Waals surface area contributed by atoms with Gasteiger partial charge in [-0.2, -0.15) is 0 Å². The Labute approximate surface area is 195 Å². The standard InChI is InChI=1S/C20H20Cl4N2O4/c1-13(26-27-2)14-4-5-19(25-12-14)29-7-3-8-30-20-16(21)10-15(11-17(20)22)28-9-6-18(23)24/h4-6,10-12H,3,7-9H2,1-2H3. The molecule has 0 saturated carbocycles. The summed E-state index contributed by atoms with van der Waals surface area (Å²) >= 11 is 23.5. The first-order valence-corrected chi connectivity index (χ1v) is 10.3. The molecule has 0 unspecified atom stereocenters. The number of hydrogen-bond donors (Lipinski definition) is 0. The molecular weight excluding hydrogens is 474 g/mol. The number of oxime groups is 1. The van der Waals surface area contributed by atoms with E-state index in [-0.39, 0.29) is 11.1 Å². The molecule has 0 spiro atoms. The van der Waals surface area contributed by atoms with E-state index < -0.39 is 0 Å². The van der Waals surface area contributed by atoms with Crippen LogP contribution in [-0.2, 0) is 4.84 Å². The molecule has 1 heterocycles. The molecule has 0 fully saturated rings. The minimum absolute atomic E-state index is 0.121. The van der Waals surface area contributed by atoms with Gasteiger partial charge in [-0.3, -0.25) is 0 Å². The van der Waals surface area contributed by atoms with Crippen LogP contribution in [0.15, 0.2) is 46.2 Å². The first-order valence-electron chi connectivity index (χ1n) is 8.83. The van der Waals surface area contributed by atoms with Gasteiger partial charge >= 0.3 is 0 Å². The van der Waals surface area contributed by atoms with Crippen molar-refractivity contribution in [1.29, 1.82) is 0 Å². The number of rotatable bonds is 11. The van der Waals surface area contributed by atoms with Gasteiger partial charge in [-0.25, -0.2) is 4.98 Å². The van der Waals surface area contributed by atoms with Crippen LogP contribution in [0.3, 0.4) is 0 Å². The zero-order chi connectivity index (χ0) is 21.9. The van der Waals surface area contributed by atoms with Crippen molar-refractivity contribution in [2.24, 2.45) is 5.16 Å². The largest absolute Gasteiger partial charge is 0.490 e. The van der Waals surface area contributed by atoms with Crippen LogP contribution in [0.1, 0.15) is 18.9 Å². The van der Waals surface area contributed by atoms with E-state index in [0.29, 0.717) is 47.1 Å². The number of hydrogen-bond acceptors (Lipinski definition) is 6. The van der Waals surface area contributed by atoms with Crippen molar-refractivity contribution in [3.63, 3.8) is 0 Å². The van der Waals surface area contributed by atoms with Crippen LogP contribution in [0.25, 0.3) is 0 Å². The van der Waals surface area contributed by atoms with Gasteiger partial charge in [-0.1, -0.05) is 51.6 Å². The van der Waals surface area contributed by atoms with E-state index in [1.54, 1.807) is 24.4 Å². The third kappa shape index (κ3) is 8.11. The zero-order valence-electron chi connectivity index (χ0n) is 16.3. The molecule has 0 aliphatic carbocycles. The lowest BCUT2D eigenvalue weighted by molar-refractivity contribution is 0.213. The second-order valence-corrected chi connectivity index (χ2v) is 7.64. The van der Waals surface area contributed by atoms with Gasteiger partial charge in [-0.05, 0) is 19.1 Å². The number of ether oxygens (including phenoxy) is 3. The molecule has 10 heteroatoms. The minimum Gasteiger partial charge on any atom is -0.490 e. The molecule has 2 rings (SSSR count). The minimum atomic E-state index is 0.121. The Morgan fingerprint density at radius 2 is 1.77 bits per heavy atom. The Morgan fingerprint density at radius 3 is 2.37 bits per heavy atom. The summed E-state index contributed by atoms with van der Waals surface area (Å²) in [5, 5.41) is 4.53. The van der Waals surface area contributed by atoms with Crippen LogP contribution in [0, 0.1) is 0 Å². The third-order valence-electron chi connectivity index (χ3n) is 3.63. The maximum atomic E-state index is 6.23. The molecule has 6 nitrogen and oxygen atoms in total. The predicted octanol–water partition coefficient (Wildman–Crippen LogP) is 6.30. The van der Waals surface area contributed by atoms with Gasteiger partial charge in [0.25, 0.3) is 0 Å². The van der Waals surface area contributed by atoms with Crippen LogP contribution in [0.4, 0.5) is 0 Å². The van der Waals surface area contributed by atoms with E-state index in [4.69, 9.17) is 65.5 Å². The Morgan fingerprint density at radius 1 is 1.07 bits per heavy atom. The lowest BCUT2D eigenvalue weighted by Crippen LogP contribution is -2.07. The van der Waals surface area contributed by atoms with Crippen LogP contribution in [-0.4, -0.2) is 37.6 Å². The SMILES string of the molecule is CON=C(C)c1ccc(OCCCOc2c(Cl)cc(OCC=C(Cl)Cl)cc2Cl)nc1. The van der Waals surface area contributed by atoms with Crippen molar-refractivity contribution in [2.45, 2.75) is 13.3 Å². The van der Waals surface area contributed by atoms with E-state index in [0.717, 1.165) is 11.3 Å². The summed E-state index contributed by atoms with van der Waals surface area (Å²) in [6, 6.07) is 6.84. The molecule has 0 N–H and O–H groups in total. The molecule has 0 saturated heterocycles. The van der Waals surface area contributed by atoms with Gasteiger partial charge < -0.3 is 19.0 Å². The van der Waals surface area contributed by atoms with Crippen molar-refractivity contribution in [2.75, 3.05) is 26.9 Å². The quantitative estimate of drug-likeness (QED) is 0.208. The van der Waals surface area contributed by atoms with Gasteiger partial charge in [-0.15, -0.1) is 0 Å². The van der Waals surface area contributed by atoms with Crippen LogP contribution < -0.4 is 14.2 Å². The van der Waals surface area contributed by atoms with E-state index in [9.17, 15) is 0 Å². The van der Waals surface area contributed by atoms with Crippen molar-refractivity contribution < 1.29 is 19.0 Å². The molecule has 0 radical (unpaired) electrons. The molecule has 30 heavy (non-hydrogen) atoms. The number of benzene rings is 1. The van der Waals surface area contributed by atoms with Crippen LogP contribution >= 0.6 is 46.4 Å². The smallest absolute Gasteiger partial charge is 0.213 e. The monoisotopic (exact) mass is 492 g/mol. The molecule has 0 atom stereocenters. The van der Waals surface area contributed by atoms with E-state index in [1.165, 1.54) is 13.2 Å². The molecule has 1 aromatic heterocycles. The van der Waals surface area contributed by atoms with Gasteiger partial charge in [0.2, 0.25) is 5.88 Å². The fourth-order valence-electron chi connectivity index (χ4n) is 2.24. The number of pyridine rings is 1. The highest BCUT2D eigenvalue weighted by Gasteiger charge is 2.11. The Kier molecular flexibility index (Phi) is 10.4. The Bertz CT molecular complexity index is 862. The lowest BCUT2D eigenvalue weighted by Gasteiger charge is -2.12. The summed E-state index contributed by atoms with van der Waals surface area (Å²) in [5.74, 6) is 1.37. The molecule has 0 aliphatic heterocycles. The normalized spacial score (nSPS) is 11.1. The summed E-state index contributed by atoms with van der Waals surface area (Å²) in [7, 11) is 1.50. The Balaban J connectivity index is 1.79. The first kappa shape index (κ1) is 24.4. The molecule has 162 valence electrons. The van der Waals surface area contributed by atoms with Crippen molar-refractivity contribution >= 4 is 52.1 Å². The van der Waals surface area contributed by atoms with Crippen molar-refractivity contribution in [3.8, 4) is 17.4 Å². The lowest BCUT2D eigenvalue weighted by atomic mass is 10.2. The topological polar surface area (TPSA) is 62.2 Å². The van der Waals surface area contributed by atoms with Gasteiger partial charge in [0.15, 0.2) is 5.75 Å². The fourth-order valence-corrected chi connectivity index (χ4v) is 2.94. The molecule has 2 aromatic rings. The Hall–Kier alpha value is -1.86. The van der Waals surface area contributed by atoms with Crippen molar-refractivity contribution in [1.82, 2.24) is 4.98 Å². The van der Waals surface area contributed by atoms with Gasteiger partial charge in [0.1, 0.15) is 24.0 Å². The van der Waals surface area contributed by atoms with Gasteiger partial charge in [0.05, 0.1) is 29.0 Å². The first-order chi connectivity index (χ1) is 14.4. The van der Waals surface area contributed by atoms with E-state index in [1.807, 2.05) is 13.0 Å². The molecular formula is C20H20Cl4N2O4. The fraction of sp³-hybridized carbons (Fsp3) is 0.300. The summed E-state index contributed by atoms with van der Waals surface area (Å²) in [6.07, 6.45) is 3.79. The molecule has 0 amide bonds. The number of nitrogens with zero attached hydrogens (tertiary/aromatic N) is 2. The summed E-state index contributed by atoms with van der Waals surface area (Å²) < 4.78 is 16.9. The molecule has 0 aliphatic rings. The average molecular weight is 494 g/mol. The van der Waals surface area contributed by atoms with Crippen molar-refractivity contribution in [3.05, 3.63) is 56.6 Å². The zero-order valence-corrected chi connectivity index (χ0v) is 19.4. The highest BCUT2D eigenvalue weighted by molar-refractivity contribution is 6.55. The highest BCUT2D eigenvalue weighted by atomic mass is 35.5. The molecule has 0 bridgehead atoms. The van der Waals surface area contributed by atoms with Crippen LogP contribution in [0.2, 0.25) is 10.0 Å². The second-order valence-electron chi connectivity index (χ2n) is 5.82. The van der Waals surface area contributed by atoms with E-state index in [2.05, 4.69) is 10.1 Å². The summed E-state index contributed by atoms with van der Waals surface area (Å²) in [4.78, 5) is 8.98. The second kappa shape index (κ2) is 12.7. The maximum Gasteiger partial charge on any atom is 0.213 e. The maximum absolute atomic E-state index is 6.23. The number of aromatic nitrogens is 1. The van der Waals surface area contributed by atoms with Gasteiger partial charge in [0, 0.05) is 36.4 Å². The summed E-state index contributed by atoms with van der Waals surface area (Å²) in [5.41, 5.74) is 1.58. The molecule has 1 aromatic carbocycles. The third-order valence-corrected chi connectivity index (χ3v) is 4.50. The van der Waals surface area contributed by atoms with E-state index >= 15 is 0 Å². The predicted molar refractivity (Wildman–Crippen MR) is 121 cm³/mol. The summed E-state index contributed by atoms with van der Waals surface area (Å²) in [6.45, 7) is 2.81. The highest BCUT2D eigenvalue weighted by Crippen LogP contribution is 2.37.